The number of thiophene rings is 1. The monoisotopic (exact) mass is 251 g/mol. The second kappa shape index (κ2) is 5.88. The lowest BCUT2D eigenvalue weighted by Gasteiger charge is -2.07. The summed E-state index contributed by atoms with van der Waals surface area (Å²) < 4.78 is 1.85. The van der Waals surface area contributed by atoms with Gasteiger partial charge in [-0.3, -0.25) is 0 Å². The van der Waals surface area contributed by atoms with Gasteiger partial charge in [0.25, 0.3) is 0 Å². The number of nitrogens with zero attached hydrogens (tertiary/aromatic N) is 4. The maximum Gasteiger partial charge on any atom is 0.165 e. The molecule has 0 unspecified atom stereocenters. The zero-order valence-electron chi connectivity index (χ0n) is 10.1. The summed E-state index contributed by atoms with van der Waals surface area (Å²) in [5.41, 5.74) is 0. The van der Waals surface area contributed by atoms with Crippen LogP contribution in [0.1, 0.15) is 24.5 Å². The van der Waals surface area contributed by atoms with E-state index in [-0.39, 0.29) is 0 Å². The molecule has 92 valence electrons. The number of hydrogen-bond acceptors (Lipinski definition) is 5. The molecule has 0 saturated heterocycles. The molecule has 0 spiro atoms. The minimum atomic E-state index is 0.636. The van der Waals surface area contributed by atoms with Crippen LogP contribution in [0, 0.1) is 5.92 Å². The average molecular weight is 251 g/mol. The number of nitrogens with one attached hydrogen (secondary N) is 1. The Kier molecular flexibility index (Phi) is 4.22. The zero-order chi connectivity index (χ0) is 12.1. The van der Waals surface area contributed by atoms with E-state index in [1.54, 1.807) is 11.3 Å². The third-order valence-electron chi connectivity index (χ3n) is 2.33. The van der Waals surface area contributed by atoms with E-state index in [4.69, 9.17) is 0 Å². The van der Waals surface area contributed by atoms with Crippen LogP contribution in [0.5, 0.6) is 0 Å². The van der Waals surface area contributed by atoms with Crippen LogP contribution in [0.4, 0.5) is 0 Å². The number of hydrogen-bond donors (Lipinski definition) is 1. The maximum absolute atomic E-state index is 4.04. The molecule has 6 heteroatoms. The van der Waals surface area contributed by atoms with Crippen LogP contribution in [0.15, 0.2) is 17.5 Å². The molecule has 17 heavy (non-hydrogen) atoms. The van der Waals surface area contributed by atoms with Crippen molar-refractivity contribution in [1.82, 2.24) is 25.5 Å². The number of aromatic nitrogens is 4. The SMILES string of the molecule is CC(C)CNCc1nnnn1Cc1cccs1. The smallest absolute Gasteiger partial charge is 0.165 e. The van der Waals surface area contributed by atoms with E-state index < -0.39 is 0 Å². The molecule has 0 radical (unpaired) electrons. The molecular weight excluding hydrogens is 234 g/mol. The van der Waals surface area contributed by atoms with Gasteiger partial charge in [0, 0.05) is 4.88 Å². The molecule has 0 saturated carbocycles. The highest BCUT2D eigenvalue weighted by Gasteiger charge is 2.06. The van der Waals surface area contributed by atoms with E-state index >= 15 is 0 Å². The van der Waals surface area contributed by atoms with Crippen molar-refractivity contribution in [2.45, 2.75) is 26.9 Å². The Balaban J connectivity index is 1.92. The van der Waals surface area contributed by atoms with Gasteiger partial charge in [0.2, 0.25) is 0 Å². The van der Waals surface area contributed by atoms with Crippen LogP contribution >= 0.6 is 11.3 Å². The molecule has 2 aromatic heterocycles. The zero-order valence-corrected chi connectivity index (χ0v) is 10.9. The topological polar surface area (TPSA) is 55.6 Å². The van der Waals surface area contributed by atoms with Gasteiger partial charge in [-0.2, -0.15) is 0 Å². The maximum atomic E-state index is 4.04. The minimum Gasteiger partial charge on any atom is -0.310 e. The molecule has 5 nitrogen and oxygen atoms in total. The lowest BCUT2D eigenvalue weighted by Crippen LogP contribution is -2.21. The summed E-state index contributed by atoms with van der Waals surface area (Å²) >= 11 is 1.72. The van der Waals surface area contributed by atoms with Crippen molar-refractivity contribution in [3.63, 3.8) is 0 Å². The van der Waals surface area contributed by atoms with Gasteiger partial charge < -0.3 is 5.32 Å². The summed E-state index contributed by atoms with van der Waals surface area (Å²) in [5.74, 6) is 1.52. The Bertz CT molecular complexity index is 434. The molecule has 0 fully saturated rings. The van der Waals surface area contributed by atoms with Gasteiger partial charge in [-0.15, -0.1) is 16.4 Å². The Labute approximate surface area is 105 Å². The third-order valence-corrected chi connectivity index (χ3v) is 3.19. The van der Waals surface area contributed by atoms with Gasteiger partial charge in [0.15, 0.2) is 5.82 Å². The van der Waals surface area contributed by atoms with Gasteiger partial charge in [0.1, 0.15) is 0 Å². The third kappa shape index (κ3) is 3.61. The van der Waals surface area contributed by atoms with Crippen LogP contribution in [0.25, 0.3) is 0 Å². The summed E-state index contributed by atoms with van der Waals surface area (Å²) in [4.78, 5) is 1.27. The van der Waals surface area contributed by atoms with E-state index in [9.17, 15) is 0 Å². The second-order valence-corrected chi connectivity index (χ2v) is 5.39. The summed E-state index contributed by atoms with van der Waals surface area (Å²) in [7, 11) is 0. The predicted molar refractivity (Wildman–Crippen MR) is 67.8 cm³/mol. The van der Waals surface area contributed by atoms with Crippen LogP contribution in [0.3, 0.4) is 0 Å². The standard InChI is InChI=1S/C11H17N5S/c1-9(2)6-12-7-11-13-14-15-16(11)8-10-4-3-5-17-10/h3-5,9,12H,6-8H2,1-2H3. The van der Waals surface area contributed by atoms with E-state index in [0.717, 1.165) is 25.5 Å². The average Bonchev–Trinajstić information content (AvgIpc) is 2.91. The molecule has 0 aliphatic heterocycles. The fraction of sp³-hybridized carbons (Fsp3) is 0.545. The highest BCUT2D eigenvalue weighted by Crippen LogP contribution is 2.10. The predicted octanol–water partition coefficient (Wildman–Crippen LogP) is 1.53. The first-order valence-corrected chi connectivity index (χ1v) is 6.62. The Hall–Kier alpha value is -1.27. The summed E-state index contributed by atoms with van der Waals surface area (Å²) in [6.07, 6.45) is 0. The summed E-state index contributed by atoms with van der Waals surface area (Å²) in [5, 5.41) is 17.2. The molecule has 0 bridgehead atoms. The Morgan fingerprint density at radius 1 is 1.47 bits per heavy atom. The van der Waals surface area contributed by atoms with Crippen LogP contribution in [-0.2, 0) is 13.1 Å². The van der Waals surface area contributed by atoms with E-state index in [0.29, 0.717) is 5.92 Å². The first-order valence-electron chi connectivity index (χ1n) is 5.74. The minimum absolute atomic E-state index is 0.636. The fourth-order valence-corrected chi connectivity index (χ4v) is 2.18. The van der Waals surface area contributed by atoms with Crippen molar-refractivity contribution in [3.8, 4) is 0 Å². The molecule has 0 amide bonds. The molecule has 0 aliphatic carbocycles. The highest BCUT2D eigenvalue weighted by atomic mass is 32.1. The first-order chi connectivity index (χ1) is 8.25. The molecule has 0 aliphatic rings. The lowest BCUT2D eigenvalue weighted by molar-refractivity contribution is 0.524. The van der Waals surface area contributed by atoms with Crippen molar-refractivity contribution in [3.05, 3.63) is 28.2 Å². The highest BCUT2D eigenvalue weighted by molar-refractivity contribution is 7.09. The molecule has 2 rings (SSSR count). The van der Waals surface area contributed by atoms with Crippen molar-refractivity contribution >= 4 is 11.3 Å². The molecule has 0 atom stereocenters. The van der Waals surface area contributed by atoms with Gasteiger partial charge in [-0.05, 0) is 34.3 Å². The molecular formula is C11H17N5S. The Morgan fingerprint density at radius 2 is 2.35 bits per heavy atom. The van der Waals surface area contributed by atoms with Crippen molar-refractivity contribution < 1.29 is 0 Å². The largest absolute Gasteiger partial charge is 0.310 e. The van der Waals surface area contributed by atoms with E-state index in [2.05, 4.69) is 46.1 Å². The summed E-state index contributed by atoms with van der Waals surface area (Å²) in [6.45, 7) is 6.81. The van der Waals surface area contributed by atoms with Gasteiger partial charge in [-0.1, -0.05) is 19.9 Å². The fourth-order valence-electron chi connectivity index (χ4n) is 1.50. The van der Waals surface area contributed by atoms with Gasteiger partial charge in [0.05, 0.1) is 13.1 Å². The number of rotatable bonds is 6. The van der Waals surface area contributed by atoms with Crippen LogP contribution in [0.2, 0.25) is 0 Å². The van der Waals surface area contributed by atoms with Gasteiger partial charge >= 0.3 is 0 Å². The van der Waals surface area contributed by atoms with Crippen LogP contribution < -0.4 is 5.32 Å². The summed E-state index contributed by atoms with van der Waals surface area (Å²) in [6, 6.07) is 4.14. The molecule has 1 N–H and O–H groups in total. The van der Waals surface area contributed by atoms with Gasteiger partial charge in [-0.25, -0.2) is 4.68 Å². The second-order valence-electron chi connectivity index (χ2n) is 4.36. The van der Waals surface area contributed by atoms with Crippen molar-refractivity contribution in [2.24, 2.45) is 5.92 Å². The quantitative estimate of drug-likeness (QED) is 0.846. The van der Waals surface area contributed by atoms with Crippen LogP contribution in [-0.4, -0.2) is 26.8 Å². The van der Waals surface area contributed by atoms with Crippen molar-refractivity contribution in [2.75, 3.05) is 6.54 Å². The molecule has 2 heterocycles. The molecule has 2 aromatic rings. The lowest BCUT2D eigenvalue weighted by atomic mass is 10.2. The normalized spacial score (nSPS) is 11.2. The van der Waals surface area contributed by atoms with E-state index in [1.165, 1.54) is 4.88 Å². The number of tetrazole rings is 1. The van der Waals surface area contributed by atoms with Crippen molar-refractivity contribution in [1.29, 1.82) is 0 Å². The molecule has 0 aromatic carbocycles. The van der Waals surface area contributed by atoms with E-state index in [1.807, 2.05) is 10.7 Å². The Morgan fingerprint density at radius 3 is 3.06 bits per heavy atom. The first kappa shape index (κ1) is 12.2.